The Morgan fingerprint density at radius 1 is 1.38 bits per heavy atom. The maximum absolute atomic E-state index is 10.3. The second-order valence-corrected chi connectivity index (χ2v) is 5.28. The van der Waals surface area contributed by atoms with Crippen molar-refractivity contribution in [3.8, 4) is 0 Å². The summed E-state index contributed by atoms with van der Waals surface area (Å²) in [6, 6.07) is -0.337. The second-order valence-electron chi connectivity index (χ2n) is 5.28. The Balaban J connectivity index is 2.06. The Morgan fingerprint density at radius 2 is 2.14 bits per heavy atom. The first kappa shape index (κ1) is 14.1. The van der Waals surface area contributed by atoms with E-state index in [-0.39, 0.29) is 18.5 Å². The Morgan fingerprint density at radius 3 is 2.81 bits per heavy atom. The smallest absolute Gasteiger partial charge is 0.167 e. The molecule has 3 rings (SSSR count). The number of likely N-dealkylation sites (N-methyl/N-ethyl adjacent to an activating group) is 1. The molecule has 0 radical (unpaired) electrons. The highest BCUT2D eigenvalue weighted by molar-refractivity contribution is 5.81. The van der Waals surface area contributed by atoms with E-state index in [2.05, 4.69) is 15.0 Å². The van der Waals surface area contributed by atoms with E-state index in [9.17, 15) is 10.2 Å². The lowest BCUT2D eigenvalue weighted by Gasteiger charge is -2.27. The molecule has 0 aliphatic carbocycles. The normalized spacial score (nSPS) is 29.6. The van der Waals surface area contributed by atoms with Gasteiger partial charge in [0, 0.05) is 0 Å². The van der Waals surface area contributed by atoms with Crippen LogP contribution in [-0.2, 0) is 4.74 Å². The van der Waals surface area contributed by atoms with E-state index >= 15 is 0 Å². The molecule has 4 N–H and O–H groups in total. The highest BCUT2D eigenvalue weighted by Crippen LogP contribution is 2.33. The number of ether oxygens (including phenoxy) is 1. The number of hydrogen-bond donors (Lipinski definition) is 3. The summed E-state index contributed by atoms with van der Waals surface area (Å²) < 4.78 is 7.47. The van der Waals surface area contributed by atoms with Crippen molar-refractivity contribution in [2.75, 3.05) is 26.4 Å². The lowest BCUT2D eigenvalue weighted by atomic mass is 10.1. The molecule has 1 aliphatic rings. The minimum Gasteiger partial charge on any atom is -0.394 e. The summed E-state index contributed by atoms with van der Waals surface area (Å²) >= 11 is 0. The van der Waals surface area contributed by atoms with Crippen molar-refractivity contribution in [1.29, 1.82) is 0 Å². The van der Waals surface area contributed by atoms with Gasteiger partial charge in [0.05, 0.1) is 19.0 Å². The van der Waals surface area contributed by atoms with E-state index in [4.69, 9.17) is 10.5 Å². The van der Waals surface area contributed by atoms with Gasteiger partial charge in [-0.25, -0.2) is 15.0 Å². The van der Waals surface area contributed by atoms with Gasteiger partial charge in [-0.1, -0.05) is 0 Å². The summed E-state index contributed by atoms with van der Waals surface area (Å²) in [5, 5.41) is 19.6. The van der Waals surface area contributed by atoms with Crippen molar-refractivity contribution in [3.05, 3.63) is 12.7 Å². The van der Waals surface area contributed by atoms with Gasteiger partial charge in [-0.05, 0) is 14.1 Å². The largest absolute Gasteiger partial charge is 0.394 e. The SMILES string of the molecule is CN(C)[C@@H]1[C@@H](O)[C@@H](CO)O[C@H]1n1cnc2c(N)ncnc21. The lowest BCUT2D eigenvalue weighted by molar-refractivity contribution is -0.0458. The molecule has 3 heterocycles. The van der Waals surface area contributed by atoms with E-state index in [0.29, 0.717) is 11.2 Å². The van der Waals surface area contributed by atoms with Crippen molar-refractivity contribution in [1.82, 2.24) is 24.4 Å². The number of aromatic nitrogens is 4. The highest BCUT2D eigenvalue weighted by atomic mass is 16.5. The first-order valence-corrected chi connectivity index (χ1v) is 6.58. The molecule has 0 bridgehead atoms. The van der Waals surface area contributed by atoms with Crippen LogP contribution in [0.15, 0.2) is 12.7 Å². The number of anilines is 1. The molecule has 9 heteroatoms. The van der Waals surface area contributed by atoms with E-state index in [1.54, 1.807) is 10.9 Å². The number of imidazole rings is 1. The molecule has 1 fully saturated rings. The molecule has 21 heavy (non-hydrogen) atoms. The molecule has 0 amide bonds. The summed E-state index contributed by atoms with van der Waals surface area (Å²) in [5.74, 6) is 0.289. The number of fused-ring (bicyclic) bond motifs is 1. The number of nitrogen functional groups attached to an aromatic ring is 1. The van der Waals surface area contributed by atoms with Crippen LogP contribution in [0.5, 0.6) is 0 Å². The maximum atomic E-state index is 10.3. The fourth-order valence-electron chi connectivity index (χ4n) is 2.73. The quantitative estimate of drug-likeness (QED) is 0.631. The zero-order chi connectivity index (χ0) is 15.1. The molecule has 0 saturated carbocycles. The van der Waals surface area contributed by atoms with Gasteiger partial charge in [-0.15, -0.1) is 0 Å². The van der Waals surface area contributed by atoms with Crippen molar-refractivity contribution < 1.29 is 14.9 Å². The van der Waals surface area contributed by atoms with E-state index in [1.165, 1.54) is 6.33 Å². The van der Waals surface area contributed by atoms with Crippen LogP contribution in [0.2, 0.25) is 0 Å². The monoisotopic (exact) mass is 294 g/mol. The van der Waals surface area contributed by atoms with Crippen LogP contribution in [0.4, 0.5) is 5.82 Å². The molecular formula is C12H18N6O3. The van der Waals surface area contributed by atoms with Gasteiger partial charge in [0.25, 0.3) is 0 Å². The van der Waals surface area contributed by atoms with E-state index in [1.807, 2.05) is 19.0 Å². The van der Waals surface area contributed by atoms with Gasteiger partial charge in [-0.2, -0.15) is 0 Å². The zero-order valence-electron chi connectivity index (χ0n) is 11.8. The zero-order valence-corrected chi connectivity index (χ0v) is 11.8. The minimum absolute atomic E-state index is 0.258. The van der Waals surface area contributed by atoms with E-state index < -0.39 is 18.4 Å². The summed E-state index contributed by atoms with van der Waals surface area (Å²) in [5.41, 5.74) is 6.80. The molecule has 1 saturated heterocycles. The van der Waals surface area contributed by atoms with Crippen LogP contribution >= 0.6 is 0 Å². The van der Waals surface area contributed by atoms with Crippen LogP contribution in [0, 0.1) is 0 Å². The molecule has 0 spiro atoms. The maximum Gasteiger partial charge on any atom is 0.167 e. The standard InChI is InChI=1S/C12H18N6O3/c1-17(2)8-9(20)6(3-19)21-12(8)18-5-16-7-10(13)14-4-15-11(7)18/h4-6,8-9,12,19-20H,3H2,1-2H3,(H2,13,14,15)/t6-,8-,9+,12-/m1/s1. The van der Waals surface area contributed by atoms with Crippen molar-refractivity contribution in [3.63, 3.8) is 0 Å². The fourth-order valence-corrected chi connectivity index (χ4v) is 2.73. The molecule has 4 atom stereocenters. The first-order valence-electron chi connectivity index (χ1n) is 6.58. The molecule has 9 nitrogen and oxygen atoms in total. The molecule has 0 unspecified atom stereocenters. The highest BCUT2D eigenvalue weighted by Gasteiger charge is 2.46. The number of nitrogens with zero attached hydrogens (tertiary/aromatic N) is 5. The summed E-state index contributed by atoms with van der Waals surface area (Å²) in [7, 11) is 3.68. The summed E-state index contributed by atoms with van der Waals surface area (Å²) in [6.45, 7) is -0.258. The number of aliphatic hydroxyl groups is 2. The lowest BCUT2D eigenvalue weighted by Crippen LogP contribution is -2.43. The van der Waals surface area contributed by atoms with Crippen LogP contribution in [0.1, 0.15) is 6.23 Å². The van der Waals surface area contributed by atoms with Gasteiger partial charge in [0.15, 0.2) is 17.7 Å². The van der Waals surface area contributed by atoms with E-state index in [0.717, 1.165) is 0 Å². The Hall–Kier alpha value is -1.81. The molecule has 0 aromatic carbocycles. The van der Waals surface area contributed by atoms with Gasteiger partial charge < -0.3 is 20.7 Å². The number of aliphatic hydroxyl groups excluding tert-OH is 2. The van der Waals surface area contributed by atoms with Gasteiger partial charge in [-0.3, -0.25) is 9.47 Å². The molecule has 2 aromatic rings. The van der Waals surface area contributed by atoms with Crippen molar-refractivity contribution in [2.24, 2.45) is 0 Å². The third kappa shape index (κ3) is 2.14. The minimum atomic E-state index is -0.813. The second kappa shape index (κ2) is 5.19. The number of rotatable bonds is 3. The fraction of sp³-hybridized carbons (Fsp3) is 0.583. The summed E-state index contributed by atoms with van der Waals surface area (Å²) in [6.07, 6.45) is 0.927. The first-order chi connectivity index (χ1) is 10.0. The predicted octanol–water partition coefficient (Wildman–Crippen LogP) is -1.41. The van der Waals surface area contributed by atoms with Gasteiger partial charge in [0.2, 0.25) is 0 Å². The van der Waals surface area contributed by atoms with Gasteiger partial charge in [0.1, 0.15) is 24.1 Å². The van der Waals surface area contributed by atoms with Crippen LogP contribution in [0.3, 0.4) is 0 Å². The topological polar surface area (TPSA) is 123 Å². The molecule has 114 valence electrons. The Labute approximate surface area is 121 Å². The molecule has 1 aliphatic heterocycles. The number of nitrogens with two attached hydrogens (primary N) is 1. The average Bonchev–Trinajstić information content (AvgIpc) is 3.00. The number of hydrogen-bond acceptors (Lipinski definition) is 8. The Bertz CT molecular complexity index is 645. The third-order valence-electron chi connectivity index (χ3n) is 3.77. The van der Waals surface area contributed by atoms with Gasteiger partial charge >= 0.3 is 0 Å². The average molecular weight is 294 g/mol. The van der Waals surface area contributed by atoms with Crippen molar-refractivity contribution in [2.45, 2.75) is 24.5 Å². The summed E-state index contributed by atoms with van der Waals surface area (Å²) in [4.78, 5) is 14.1. The van der Waals surface area contributed by atoms with Crippen LogP contribution < -0.4 is 5.73 Å². The van der Waals surface area contributed by atoms with Crippen LogP contribution in [-0.4, -0.2) is 73.6 Å². The predicted molar refractivity (Wildman–Crippen MR) is 74.2 cm³/mol. The molecule has 2 aromatic heterocycles. The third-order valence-corrected chi connectivity index (χ3v) is 3.77. The Kier molecular flexibility index (Phi) is 3.49. The van der Waals surface area contributed by atoms with Crippen molar-refractivity contribution >= 4 is 17.0 Å². The molecular weight excluding hydrogens is 276 g/mol. The van der Waals surface area contributed by atoms with Crippen LogP contribution in [0.25, 0.3) is 11.2 Å².